The molecule has 0 aliphatic rings. The first-order chi connectivity index (χ1) is 13.1. The van der Waals surface area contributed by atoms with Gasteiger partial charge in [-0.25, -0.2) is 0 Å². The second-order valence-electron chi connectivity index (χ2n) is 6.06. The fourth-order valence-electron chi connectivity index (χ4n) is 2.30. The van der Waals surface area contributed by atoms with E-state index in [1.54, 1.807) is 24.3 Å². The van der Waals surface area contributed by atoms with Crippen molar-refractivity contribution in [1.29, 1.82) is 0 Å². The Morgan fingerprint density at radius 3 is 2.48 bits per heavy atom. The third-order valence-corrected chi connectivity index (χ3v) is 4.40. The summed E-state index contributed by atoms with van der Waals surface area (Å²) in [6.07, 6.45) is 0.722. The Hall–Kier alpha value is -2.93. The van der Waals surface area contributed by atoms with E-state index in [-0.39, 0.29) is 12.0 Å². The number of anilines is 1. The number of amides is 1. The van der Waals surface area contributed by atoms with Gasteiger partial charge in [0.05, 0.1) is 12.7 Å². The van der Waals surface area contributed by atoms with Gasteiger partial charge in [0.15, 0.2) is 0 Å². The number of para-hydroxylation sites is 1. The quantitative estimate of drug-likeness (QED) is 0.631. The summed E-state index contributed by atoms with van der Waals surface area (Å²) in [6.45, 7) is 4.42. The maximum atomic E-state index is 12.3. The van der Waals surface area contributed by atoms with Gasteiger partial charge < -0.3 is 9.47 Å². The molecule has 1 N–H and O–H groups in total. The lowest BCUT2D eigenvalue weighted by atomic mass is 10.2. The predicted octanol–water partition coefficient (Wildman–Crippen LogP) is 4.20. The van der Waals surface area contributed by atoms with Crippen LogP contribution in [0.2, 0.25) is 0 Å². The van der Waals surface area contributed by atoms with Gasteiger partial charge in [-0.05, 0) is 50.2 Å². The molecular formula is C20H21N3O3S. The molecule has 0 atom stereocenters. The third-order valence-electron chi connectivity index (χ3n) is 3.50. The van der Waals surface area contributed by atoms with Crippen molar-refractivity contribution in [3.05, 3.63) is 65.2 Å². The first-order valence-corrected chi connectivity index (χ1v) is 9.50. The van der Waals surface area contributed by atoms with Gasteiger partial charge in [0.2, 0.25) is 5.13 Å². The second-order valence-corrected chi connectivity index (χ2v) is 7.12. The largest absolute Gasteiger partial charge is 0.493 e. The van der Waals surface area contributed by atoms with Gasteiger partial charge in [-0.1, -0.05) is 29.5 Å². The fraction of sp³-hybridized carbons (Fsp3) is 0.250. The molecule has 7 heteroatoms. The number of aromatic nitrogens is 2. The number of rotatable bonds is 8. The first-order valence-electron chi connectivity index (χ1n) is 8.68. The summed E-state index contributed by atoms with van der Waals surface area (Å²) >= 11 is 1.34. The van der Waals surface area contributed by atoms with E-state index in [0.717, 1.165) is 16.5 Å². The number of carbonyl (C=O) groups is 1. The van der Waals surface area contributed by atoms with Gasteiger partial charge >= 0.3 is 0 Å². The normalized spacial score (nSPS) is 10.6. The van der Waals surface area contributed by atoms with E-state index in [9.17, 15) is 4.79 Å². The molecule has 6 nitrogen and oxygen atoms in total. The molecule has 0 saturated heterocycles. The topological polar surface area (TPSA) is 73.3 Å². The van der Waals surface area contributed by atoms with Crippen molar-refractivity contribution in [2.45, 2.75) is 26.4 Å². The van der Waals surface area contributed by atoms with E-state index in [1.165, 1.54) is 11.3 Å². The zero-order valence-corrected chi connectivity index (χ0v) is 16.0. The van der Waals surface area contributed by atoms with Crippen LogP contribution in [0.3, 0.4) is 0 Å². The fourth-order valence-corrected chi connectivity index (χ4v) is 3.02. The first kappa shape index (κ1) is 18.8. The number of carbonyl (C=O) groups excluding carboxylic acids is 1. The molecule has 27 heavy (non-hydrogen) atoms. The van der Waals surface area contributed by atoms with E-state index < -0.39 is 0 Å². The van der Waals surface area contributed by atoms with Crippen LogP contribution in [0.25, 0.3) is 0 Å². The molecule has 2 aromatic carbocycles. The summed E-state index contributed by atoms with van der Waals surface area (Å²) in [4.78, 5) is 12.3. The monoisotopic (exact) mass is 383 g/mol. The molecule has 0 fully saturated rings. The molecule has 0 aliphatic carbocycles. The van der Waals surface area contributed by atoms with Crippen LogP contribution in [0.15, 0.2) is 54.6 Å². The lowest BCUT2D eigenvalue weighted by Gasteiger charge is -2.09. The van der Waals surface area contributed by atoms with Gasteiger partial charge in [-0.15, -0.1) is 10.2 Å². The van der Waals surface area contributed by atoms with Crippen molar-refractivity contribution in [3.8, 4) is 11.5 Å². The summed E-state index contributed by atoms with van der Waals surface area (Å²) in [6, 6.07) is 16.6. The Bertz CT molecular complexity index is 864. The van der Waals surface area contributed by atoms with E-state index >= 15 is 0 Å². The SMILES string of the molecule is CC(C)Oc1ccc(C(=O)Nc2nnc(CCOc3ccccc3)s2)cc1. The highest BCUT2D eigenvalue weighted by Gasteiger charge is 2.11. The van der Waals surface area contributed by atoms with Gasteiger partial charge in [0.25, 0.3) is 5.91 Å². The highest BCUT2D eigenvalue weighted by Crippen LogP contribution is 2.19. The van der Waals surface area contributed by atoms with Crippen LogP contribution in [0, 0.1) is 0 Å². The maximum Gasteiger partial charge on any atom is 0.257 e. The molecule has 0 spiro atoms. The standard InChI is InChI=1S/C20H21N3O3S/c1-14(2)26-17-10-8-15(9-11-17)19(24)21-20-23-22-18(27-20)12-13-25-16-6-4-3-5-7-16/h3-11,14H,12-13H2,1-2H3,(H,21,23,24). The summed E-state index contributed by atoms with van der Waals surface area (Å²) in [7, 11) is 0. The maximum absolute atomic E-state index is 12.3. The Morgan fingerprint density at radius 2 is 1.78 bits per heavy atom. The van der Waals surface area contributed by atoms with Crippen LogP contribution in [0.1, 0.15) is 29.2 Å². The summed E-state index contributed by atoms with van der Waals surface area (Å²) < 4.78 is 11.2. The Morgan fingerprint density at radius 1 is 1.04 bits per heavy atom. The molecular weight excluding hydrogens is 362 g/mol. The van der Waals surface area contributed by atoms with Gasteiger partial charge in [0, 0.05) is 12.0 Å². The van der Waals surface area contributed by atoms with Gasteiger partial charge in [-0.2, -0.15) is 0 Å². The smallest absolute Gasteiger partial charge is 0.257 e. The summed E-state index contributed by atoms with van der Waals surface area (Å²) in [5.74, 6) is 1.33. The van der Waals surface area contributed by atoms with Crippen molar-refractivity contribution < 1.29 is 14.3 Å². The molecule has 1 heterocycles. The molecule has 3 aromatic rings. The van der Waals surface area contributed by atoms with Crippen molar-refractivity contribution in [2.75, 3.05) is 11.9 Å². The van der Waals surface area contributed by atoms with Crippen LogP contribution in [0.4, 0.5) is 5.13 Å². The Balaban J connectivity index is 1.50. The zero-order valence-electron chi connectivity index (χ0n) is 15.2. The molecule has 1 amide bonds. The molecule has 0 bridgehead atoms. The van der Waals surface area contributed by atoms with Gasteiger partial charge in [0.1, 0.15) is 16.5 Å². The average molecular weight is 383 g/mol. The summed E-state index contributed by atoms with van der Waals surface area (Å²) in [5.41, 5.74) is 0.537. The highest BCUT2D eigenvalue weighted by atomic mass is 32.1. The highest BCUT2D eigenvalue weighted by molar-refractivity contribution is 7.15. The van der Waals surface area contributed by atoms with Crippen LogP contribution in [-0.4, -0.2) is 28.8 Å². The Kier molecular flexibility index (Phi) is 6.38. The van der Waals surface area contributed by atoms with E-state index in [0.29, 0.717) is 23.7 Å². The number of nitrogens with one attached hydrogen (secondary N) is 1. The van der Waals surface area contributed by atoms with E-state index in [2.05, 4.69) is 15.5 Å². The van der Waals surface area contributed by atoms with E-state index in [4.69, 9.17) is 9.47 Å². The van der Waals surface area contributed by atoms with E-state index in [1.807, 2.05) is 44.2 Å². The van der Waals surface area contributed by atoms with Crippen molar-refractivity contribution in [3.63, 3.8) is 0 Å². The van der Waals surface area contributed by atoms with Crippen LogP contribution in [-0.2, 0) is 6.42 Å². The molecule has 1 aromatic heterocycles. The molecule has 0 radical (unpaired) electrons. The minimum absolute atomic E-state index is 0.0929. The molecule has 3 rings (SSSR count). The Labute approximate surface area is 162 Å². The molecule has 0 aliphatic heterocycles. The number of ether oxygens (including phenoxy) is 2. The number of benzene rings is 2. The minimum atomic E-state index is -0.227. The molecule has 0 saturated carbocycles. The van der Waals surface area contributed by atoms with Crippen molar-refractivity contribution >= 4 is 22.4 Å². The van der Waals surface area contributed by atoms with Crippen LogP contribution >= 0.6 is 11.3 Å². The lowest BCUT2D eigenvalue weighted by Crippen LogP contribution is -2.12. The number of nitrogens with zero attached hydrogens (tertiary/aromatic N) is 2. The second kappa shape index (κ2) is 9.14. The summed E-state index contributed by atoms with van der Waals surface area (Å²) in [5, 5.41) is 12.2. The molecule has 140 valence electrons. The van der Waals surface area contributed by atoms with Crippen molar-refractivity contribution in [1.82, 2.24) is 10.2 Å². The third kappa shape index (κ3) is 5.79. The van der Waals surface area contributed by atoms with Crippen LogP contribution in [0.5, 0.6) is 11.5 Å². The zero-order chi connectivity index (χ0) is 19.1. The molecule has 0 unspecified atom stereocenters. The number of hydrogen-bond acceptors (Lipinski definition) is 6. The van der Waals surface area contributed by atoms with Gasteiger partial charge in [-0.3, -0.25) is 10.1 Å². The van der Waals surface area contributed by atoms with Crippen molar-refractivity contribution in [2.24, 2.45) is 0 Å². The van der Waals surface area contributed by atoms with Crippen LogP contribution < -0.4 is 14.8 Å². The predicted molar refractivity (Wildman–Crippen MR) is 106 cm³/mol. The minimum Gasteiger partial charge on any atom is -0.493 e. The number of hydrogen-bond donors (Lipinski definition) is 1. The average Bonchev–Trinajstić information content (AvgIpc) is 3.10. The lowest BCUT2D eigenvalue weighted by molar-refractivity contribution is 0.102.